The number of fused-ring (bicyclic) bond motifs is 3. The lowest BCUT2D eigenvalue weighted by molar-refractivity contribution is 0.627. The minimum Gasteiger partial charge on any atom is -0.356 e. The van der Waals surface area contributed by atoms with Crippen LogP contribution in [0.4, 0.5) is 15.8 Å². The summed E-state index contributed by atoms with van der Waals surface area (Å²) in [6.45, 7) is 0. The average molecular weight is 429 g/mol. The Balaban J connectivity index is 1.39. The van der Waals surface area contributed by atoms with Crippen LogP contribution in [0.2, 0.25) is 0 Å². The largest absolute Gasteiger partial charge is 0.356 e. The molecule has 1 heterocycles. The zero-order valence-corrected chi connectivity index (χ0v) is 17.9. The molecule has 0 spiro atoms. The summed E-state index contributed by atoms with van der Waals surface area (Å²) >= 11 is 0. The van der Waals surface area contributed by atoms with Gasteiger partial charge in [0.1, 0.15) is 5.82 Å². The lowest BCUT2D eigenvalue weighted by Gasteiger charge is -2.10. The van der Waals surface area contributed by atoms with Crippen molar-refractivity contribution in [2.75, 3.05) is 5.32 Å². The highest BCUT2D eigenvalue weighted by atomic mass is 19.1. The van der Waals surface area contributed by atoms with Crippen LogP contribution in [0, 0.1) is 5.82 Å². The van der Waals surface area contributed by atoms with Gasteiger partial charge in [0.2, 0.25) is 0 Å². The van der Waals surface area contributed by atoms with E-state index < -0.39 is 0 Å². The third kappa shape index (κ3) is 3.54. The summed E-state index contributed by atoms with van der Waals surface area (Å²) in [5.41, 5.74) is 7.60. The van der Waals surface area contributed by atoms with E-state index in [1.807, 2.05) is 24.3 Å². The average Bonchev–Trinajstić information content (AvgIpc) is 3.19. The van der Waals surface area contributed by atoms with Crippen molar-refractivity contribution in [1.29, 1.82) is 0 Å². The number of aromatic nitrogens is 1. The van der Waals surface area contributed by atoms with Gasteiger partial charge in [-0.2, -0.15) is 0 Å². The molecule has 0 unspecified atom stereocenters. The molecule has 6 rings (SSSR count). The number of hydrogen-bond donors (Lipinski definition) is 1. The smallest absolute Gasteiger partial charge is 0.123 e. The second kappa shape index (κ2) is 7.95. The molecule has 0 amide bonds. The summed E-state index contributed by atoms with van der Waals surface area (Å²) in [6.07, 6.45) is 0. The quantitative estimate of drug-likeness (QED) is 0.299. The van der Waals surface area contributed by atoms with Crippen molar-refractivity contribution in [1.82, 2.24) is 4.57 Å². The highest BCUT2D eigenvalue weighted by Crippen LogP contribution is 2.34. The molecule has 0 aliphatic carbocycles. The molecule has 158 valence electrons. The summed E-state index contributed by atoms with van der Waals surface area (Å²) in [5.74, 6) is -0.232. The van der Waals surface area contributed by atoms with Crippen LogP contribution in [-0.4, -0.2) is 4.57 Å². The lowest BCUT2D eigenvalue weighted by atomic mass is 10.1. The zero-order chi connectivity index (χ0) is 22.2. The predicted molar refractivity (Wildman–Crippen MR) is 136 cm³/mol. The number of nitrogens with one attached hydrogen (secondary N) is 1. The van der Waals surface area contributed by atoms with Gasteiger partial charge < -0.3 is 9.88 Å². The molecule has 0 radical (unpaired) electrons. The standard InChI is InChI=1S/C30H21FN2/c31-23-12-17-26(18-13-23)33-29-9-5-4-8-27(29)28-20-25(16-19-30(28)33)32-24-14-10-22(11-15-24)21-6-2-1-3-7-21/h1-20,32H. The number of benzene rings is 5. The Hall–Kier alpha value is -4.37. The maximum atomic E-state index is 13.5. The van der Waals surface area contributed by atoms with Crippen LogP contribution in [-0.2, 0) is 0 Å². The number of halogens is 1. The SMILES string of the molecule is Fc1ccc(-n2c3ccccc3c3cc(Nc4ccc(-c5ccccc5)cc4)ccc32)cc1. The Bertz CT molecular complexity index is 1560. The van der Waals surface area contributed by atoms with Gasteiger partial charge in [-0.25, -0.2) is 4.39 Å². The van der Waals surface area contributed by atoms with Gasteiger partial charge in [0.05, 0.1) is 11.0 Å². The Morgan fingerprint density at radius 1 is 0.515 bits per heavy atom. The van der Waals surface area contributed by atoms with Gasteiger partial charge >= 0.3 is 0 Å². The van der Waals surface area contributed by atoms with Crippen LogP contribution in [0.15, 0.2) is 121 Å². The summed E-state index contributed by atoms with van der Waals surface area (Å²) < 4.78 is 15.7. The van der Waals surface area contributed by atoms with Gasteiger partial charge in [-0.05, 0) is 71.8 Å². The fourth-order valence-electron chi connectivity index (χ4n) is 4.46. The van der Waals surface area contributed by atoms with E-state index >= 15 is 0 Å². The van der Waals surface area contributed by atoms with Crippen LogP contribution in [0.1, 0.15) is 0 Å². The second-order valence-electron chi connectivity index (χ2n) is 8.13. The maximum absolute atomic E-state index is 13.5. The molecule has 0 fully saturated rings. The number of anilines is 2. The Morgan fingerprint density at radius 2 is 1.15 bits per heavy atom. The zero-order valence-electron chi connectivity index (χ0n) is 17.9. The summed E-state index contributed by atoms with van der Waals surface area (Å²) in [5, 5.41) is 5.86. The van der Waals surface area contributed by atoms with Gasteiger partial charge in [0, 0.05) is 27.8 Å². The monoisotopic (exact) mass is 428 g/mol. The molecule has 0 aliphatic heterocycles. The molecule has 3 heteroatoms. The Labute approximate surface area is 191 Å². The molecule has 6 aromatic rings. The van der Waals surface area contributed by atoms with E-state index in [2.05, 4.69) is 94.8 Å². The summed E-state index contributed by atoms with van der Waals surface area (Å²) in [7, 11) is 0. The van der Waals surface area contributed by atoms with Gasteiger partial charge in [-0.3, -0.25) is 0 Å². The predicted octanol–water partition coefficient (Wildman–Crippen LogP) is 8.33. The fraction of sp³-hybridized carbons (Fsp3) is 0. The molecule has 1 aromatic heterocycles. The highest BCUT2D eigenvalue weighted by Gasteiger charge is 2.12. The maximum Gasteiger partial charge on any atom is 0.123 e. The highest BCUT2D eigenvalue weighted by molar-refractivity contribution is 6.10. The summed E-state index contributed by atoms with van der Waals surface area (Å²) in [4.78, 5) is 0. The van der Waals surface area contributed by atoms with Crippen LogP contribution in [0.5, 0.6) is 0 Å². The van der Waals surface area contributed by atoms with Crippen molar-refractivity contribution in [2.45, 2.75) is 0 Å². The summed E-state index contributed by atoms with van der Waals surface area (Å²) in [6, 6.07) is 40.2. The van der Waals surface area contributed by atoms with Crippen LogP contribution < -0.4 is 5.32 Å². The van der Waals surface area contributed by atoms with E-state index in [0.29, 0.717) is 0 Å². The fourth-order valence-corrected chi connectivity index (χ4v) is 4.46. The molecular weight excluding hydrogens is 407 g/mol. The molecular formula is C30H21FN2. The van der Waals surface area contributed by atoms with Gasteiger partial charge in [-0.15, -0.1) is 0 Å². The molecule has 0 aliphatic rings. The third-order valence-electron chi connectivity index (χ3n) is 6.04. The normalized spacial score (nSPS) is 11.2. The van der Waals surface area contributed by atoms with Gasteiger partial charge in [0.15, 0.2) is 0 Å². The van der Waals surface area contributed by atoms with E-state index in [0.717, 1.165) is 33.5 Å². The first-order valence-corrected chi connectivity index (χ1v) is 11.0. The third-order valence-corrected chi connectivity index (χ3v) is 6.04. The molecule has 33 heavy (non-hydrogen) atoms. The topological polar surface area (TPSA) is 17.0 Å². The number of para-hydroxylation sites is 1. The van der Waals surface area contributed by atoms with Gasteiger partial charge in [0.25, 0.3) is 0 Å². The van der Waals surface area contributed by atoms with Crippen molar-refractivity contribution >= 4 is 33.2 Å². The van der Waals surface area contributed by atoms with Crippen molar-refractivity contribution in [3.05, 3.63) is 127 Å². The van der Waals surface area contributed by atoms with Crippen molar-refractivity contribution in [3.63, 3.8) is 0 Å². The van der Waals surface area contributed by atoms with Crippen molar-refractivity contribution in [2.24, 2.45) is 0 Å². The van der Waals surface area contributed by atoms with Crippen LogP contribution >= 0.6 is 0 Å². The minimum absolute atomic E-state index is 0.232. The first kappa shape index (κ1) is 19.3. The number of nitrogens with zero attached hydrogens (tertiary/aromatic N) is 1. The Kier molecular flexibility index (Phi) is 4.66. The Morgan fingerprint density at radius 3 is 1.94 bits per heavy atom. The van der Waals surface area contributed by atoms with Crippen molar-refractivity contribution in [3.8, 4) is 16.8 Å². The van der Waals surface area contributed by atoms with Gasteiger partial charge in [-0.1, -0.05) is 60.7 Å². The molecule has 0 bridgehead atoms. The number of hydrogen-bond acceptors (Lipinski definition) is 1. The molecule has 0 saturated heterocycles. The first-order chi connectivity index (χ1) is 16.3. The van der Waals surface area contributed by atoms with Crippen molar-refractivity contribution < 1.29 is 4.39 Å². The second-order valence-corrected chi connectivity index (χ2v) is 8.13. The molecule has 0 atom stereocenters. The van der Waals surface area contributed by atoms with E-state index in [1.165, 1.54) is 28.6 Å². The van der Waals surface area contributed by atoms with E-state index in [-0.39, 0.29) is 5.82 Å². The van der Waals surface area contributed by atoms with Crippen LogP contribution in [0.25, 0.3) is 38.6 Å². The molecule has 0 saturated carbocycles. The lowest BCUT2D eigenvalue weighted by Crippen LogP contribution is -1.94. The molecule has 5 aromatic carbocycles. The molecule has 1 N–H and O–H groups in total. The molecule has 2 nitrogen and oxygen atoms in total. The number of rotatable bonds is 4. The first-order valence-electron chi connectivity index (χ1n) is 11.0. The van der Waals surface area contributed by atoms with E-state index in [9.17, 15) is 4.39 Å². The van der Waals surface area contributed by atoms with Crippen LogP contribution in [0.3, 0.4) is 0 Å². The minimum atomic E-state index is -0.232. The van der Waals surface area contributed by atoms with E-state index in [1.54, 1.807) is 0 Å². The van der Waals surface area contributed by atoms with E-state index in [4.69, 9.17) is 0 Å².